The van der Waals surface area contributed by atoms with Crippen molar-refractivity contribution in [3.63, 3.8) is 0 Å². The number of benzene rings is 1. The van der Waals surface area contributed by atoms with E-state index in [9.17, 15) is 0 Å². The van der Waals surface area contributed by atoms with E-state index in [1.165, 1.54) is 0 Å². The average Bonchev–Trinajstić information content (AvgIpc) is 2.42. The quantitative estimate of drug-likeness (QED) is 0.865. The van der Waals surface area contributed by atoms with Gasteiger partial charge < -0.3 is 14.8 Å². The van der Waals surface area contributed by atoms with E-state index in [0.29, 0.717) is 6.61 Å². The number of rotatable bonds is 6. The van der Waals surface area contributed by atoms with Gasteiger partial charge in [0.15, 0.2) is 0 Å². The van der Waals surface area contributed by atoms with Crippen LogP contribution in [0.5, 0.6) is 11.5 Å². The van der Waals surface area contributed by atoms with Gasteiger partial charge in [-0.25, -0.2) is 0 Å². The van der Waals surface area contributed by atoms with Crippen molar-refractivity contribution in [2.75, 3.05) is 14.2 Å². The molecule has 0 aliphatic rings. The van der Waals surface area contributed by atoms with Crippen LogP contribution in [0.1, 0.15) is 11.1 Å². The Hall–Kier alpha value is -1.91. The predicted molar refractivity (Wildman–Crippen MR) is 74.2 cm³/mol. The third kappa shape index (κ3) is 3.77. The lowest BCUT2D eigenvalue weighted by Gasteiger charge is -2.11. The Morgan fingerprint density at radius 2 is 2.16 bits per heavy atom. The minimum atomic E-state index is 0.577. The van der Waals surface area contributed by atoms with Gasteiger partial charge in [0.1, 0.15) is 11.5 Å². The lowest BCUT2D eigenvalue weighted by Crippen LogP contribution is -2.06. The molecule has 0 spiro atoms. The van der Waals surface area contributed by atoms with Gasteiger partial charge in [-0.1, -0.05) is 12.1 Å². The van der Waals surface area contributed by atoms with Crippen LogP contribution < -0.4 is 10.1 Å². The van der Waals surface area contributed by atoms with Crippen molar-refractivity contribution in [2.45, 2.75) is 13.2 Å². The summed E-state index contributed by atoms with van der Waals surface area (Å²) in [6.45, 7) is 1.32. The molecule has 0 unspecified atom stereocenters. The Kier molecular flexibility index (Phi) is 4.89. The molecule has 0 saturated heterocycles. The Morgan fingerprint density at radius 1 is 1.26 bits per heavy atom. The second kappa shape index (κ2) is 6.87. The summed E-state index contributed by atoms with van der Waals surface area (Å²) in [5, 5.41) is 3.11. The fourth-order valence-electron chi connectivity index (χ4n) is 1.83. The molecule has 1 aromatic carbocycles. The molecule has 1 heterocycles. The summed E-state index contributed by atoms with van der Waals surface area (Å²) in [5.74, 6) is 1.56. The molecule has 0 radical (unpaired) electrons. The van der Waals surface area contributed by atoms with Gasteiger partial charge in [0.2, 0.25) is 0 Å². The van der Waals surface area contributed by atoms with E-state index in [2.05, 4.69) is 10.3 Å². The number of hydrogen-bond acceptors (Lipinski definition) is 4. The van der Waals surface area contributed by atoms with Gasteiger partial charge in [0.05, 0.1) is 12.8 Å². The van der Waals surface area contributed by atoms with Crippen LogP contribution in [-0.2, 0) is 17.9 Å². The van der Waals surface area contributed by atoms with Gasteiger partial charge in [-0.05, 0) is 30.8 Å². The maximum absolute atomic E-state index is 5.89. The number of aromatic nitrogens is 1. The van der Waals surface area contributed by atoms with Gasteiger partial charge in [0.25, 0.3) is 0 Å². The molecule has 2 aromatic rings. The topological polar surface area (TPSA) is 43.4 Å². The summed E-state index contributed by atoms with van der Waals surface area (Å²) in [7, 11) is 3.59. The Balaban J connectivity index is 2.18. The van der Waals surface area contributed by atoms with Gasteiger partial charge >= 0.3 is 0 Å². The van der Waals surface area contributed by atoms with E-state index in [4.69, 9.17) is 9.47 Å². The fourth-order valence-corrected chi connectivity index (χ4v) is 1.83. The molecule has 4 heteroatoms. The Labute approximate surface area is 113 Å². The highest BCUT2D eigenvalue weighted by Gasteiger charge is 2.05. The molecule has 0 saturated carbocycles. The molecule has 100 valence electrons. The maximum atomic E-state index is 5.89. The second-order valence-corrected chi connectivity index (χ2v) is 4.20. The van der Waals surface area contributed by atoms with Crippen LogP contribution in [0.25, 0.3) is 0 Å². The van der Waals surface area contributed by atoms with E-state index in [1.807, 2.05) is 37.4 Å². The fraction of sp³-hybridized carbons (Fsp3) is 0.267. The highest BCUT2D eigenvalue weighted by atomic mass is 16.5. The first-order chi connectivity index (χ1) is 9.33. The molecule has 4 nitrogen and oxygen atoms in total. The number of ether oxygens (including phenoxy) is 2. The summed E-state index contributed by atoms with van der Waals surface area (Å²) in [6.07, 6.45) is 3.50. The minimum absolute atomic E-state index is 0.577. The van der Waals surface area contributed by atoms with Crippen molar-refractivity contribution in [1.29, 1.82) is 0 Å². The van der Waals surface area contributed by atoms with Crippen LogP contribution in [0.15, 0.2) is 42.7 Å². The van der Waals surface area contributed by atoms with Crippen LogP contribution in [0.2, 0.25) is 0 Å². The molecule has 0 atom stereocenters. The SMILES string of the molecule is CNCc1ccncc1Oc1cccc(COC)c1. The molecule has 0 aliphatic heterocycles. The smallest absolute Gasteiger partial charge is 0.150 e. The first-order valence-electron chi connectivity index (χ1n) is 6.16. The number of methoxy groups -OCH3 is 1. The summed E-state index contributed by atoms with van der Waals surface area (Å²) in [6, 6.07) is 9.81. The minimum Gasteiger partial charge on any atom is -0.455 e. The van der Waals surface area contributed by atoms with Crippen molar-refractivity contribution in [3.05, 3.63) is 53.9 Å². The molecule has 19 heavy (non-hydrogen) atoms. The molecule has 0 fully saturated rings. The Morgan fingerprint density at radius 3 is 2.95 bits per heavy atom. The number of pyridine rings is 1. The van der Waals surface area contributed by atoms with E-state index in [-0.39, 0.29) is 0 Å². The van der Waals surface area contributed by atoms with Crippen LogP contribution in [-0.4, -0.2) is 19.1 Å². The normalized spacial score (nSPS) is 10.4. The zero-order valence-corrected chi connectivity index (χ0v) is 11.2. The summed E-state index contributed by atoms with van der Waals surface area (Å²) >= 11 is 0. The third-order valence-corrected chi connectivity index (χ3v) is 2.67. The van der Waals surface area contributed by atoms with E-state index in [0.717, 1.165) is 29.2 Å². The first kappa shape index (κ1) is 13.5. The highest BCUT2D eigenvalue weighted by Crippen LogP contribution is 2.25. The van der Waals surface area contributed by atoms with E-state index in [1.54, 1.807) is 19.5 Å². The summed E-state index contributed by atoms with van der Waals surface area (Å²) < 4.78 is 11.0. The lowest BCUT2D eigenvalue weighted by atomic mass is 10.2. The van der Waals surface area contributed by atoms with Gasteiger partial charge in [0, 0.05) is 25.4 Å². The molecule has 2 rings (SSSR count). The summed E-state index contributed by atoms with van der Waals surface area (Å²) in [4.78, 5) is 4.11. The third-order valence-electron chi connectivity index (χ3n) is 2.67. The summed E-state index contributed by atoms with van der Waals surface area (Å²) in [5.41, 5.74) is 2.16. The second-order valence-electron chi connectivity index (χ2n) is 4.20. The van der Waals surface area contributed by atoms with Crippen LogP contribution in [0.4, 0.5) is 0 Å². The first-order valence-corrected chi connectivity index (χ1v) is 6.16. The number of hydrogen-bond donors (Lipinski definition) is 1. The predicted octanol–water partition coefficient (Wildman–Crippen LogP) is 2.74. The van der Waals surface area contributed by atoms with Crippen LogP contribution in [0.3, 0.4) is 0 Å². The number of nitrogens with one attached hydrogen (secondary N) is 1. The molecule has 1 aromatic heterocycles. The van der Waals surface area contributed by atoms with Gasteiger partial charge in [-0.3, -0.25) is 4.98 Å². The lowest BCUT2D eigenvalue weighted by molar-refractivity contribution is 0.184. The van der Waals surface area contributed by atoms with Crippen molar-refractivity contribution in [1.82, 2.24) is 10.3 Å². The molecule has 1 N–H and O–H groups in total. The average molecular weight is 258 g/mol. The molecule has 0 amide bonds. The van der Waals surface area contributed by atoms with Crippen molar-refractivity contribution in [2.24, 2.45) is 0 Å². The maximum Gasteiger partial charge on any atom is 0.150 e. The zero-order valence-electron chi connectivity index (χ0n) is 11.2. The Bertz CT molecular complexity index is 529. The molecular formula is C15H18N2O2. The van der Waals surface area contributed by atoms with E-state index < -0.39 is 0 Å². The van der Waals surface area contributed by atoms with Crippen molar-refractivity contribution < 1.29 is 9.47 Å². The van der Waals surface area contributed by atoms with Crippen molar-refractivity contribution in [3.8, 4) is 11.5 Å². The number of nitrogens with zero attached hydrogens (tertiary/aromatic N) is 1. The van der Waals surface area contributed by atoms with Gasteiger partial charge in [-0.2, -0.15) is 0 Å². The van der Waals surface area contributed by atoms with Crippen LogP contribution >= 0.6 is 0 Å². The van der Waals surface area contributed by atoms with E-state index >= 15 is 0 Å². The largest absolute Gasteiger partial charge is 0.455 e. The zero-order chi connectivity index (χ0) is 13.5. The molecule has 0 aliphatic carbocycles. The molecular weight excluding hydrogens is 240 g/mol. The highest BCUT2D eigenvalue weighted by molar-refractivity contribution is 5.37. The monoisotopic (exact) mass is 258 g/mol. The molecule has 0 bridgehead atoms. The van der Waals surface area contributed by atoms with Crippen molar-refractivity contribution >= 4 is 0 Å². The standard InChI is InChI=1S/C15H18N2O2/c1-16-9-13-6-7-17-10-15(13)19-14-5-3-4-12(8-14)11-18-2/h3-8,10,16H,9,11H2,1-2H3. The van der Waals surface area contributed by atoms with Gasteiger partial charge in [-0.15, -0.1) is 0 Å². The van der Waals surface area contributed by atoms with Crippen LogP contribution in [0, 0.1) is 0 Å².